The highest BCUT2D eigenvalue weighted by Gasteiger charge is 2.21. The average molecular weight is 421 g/mol. The monoisotopic (exact) mass is 420 g/mol. The van der Waals surface area contributed by atoms with Crippen molar-refractivity contribution in [2.75, 3.05) is 0 Å². The molecule has 0 aliphatic heterocycles. The lowest BCUT2D eigenvalue weighted by Crippen LogP contribution is -2.49. The maximum absolute atomic E-state index is 13.2. The number of fused-ring (bicyclic) bond motifs is 3. The van der Waals surface area contributed by atoms with Gasteiger partial charge in [0.05, 0.1) is 21.8 Å². The van der Waals surface area contributed by atoms with E-state index in [1.807, 2.05) is 24.3 Å². The lowest BCUT2D eigenvalue weighted by Gasteiger charge is -2.30. The van der Waals surface area contributed by atoms with Crippen LogP contribution in [0.5, 0.6) is 0 Å². The molecule has 154 valence electrons. The minimum absolute atomic E-state index is 0.232. The van der Waals surface area contributed by atoms with Crippen molar-refractivity contribution in [3.05, 3.63) is 51.0 Å². The van der Waals surface area contributed by atoms with E-state index in [0.29, 0.717) is 50.1 Å². The van der Waals surface area contributed by atoms with E-state index in [1.165, 1.54) is 23.7 Å². The topological polar surface area (TPSA) is 94.2 Å². The molecule has 2 atom stereocenters. The third-order valence-electron chi connectivity index (χ3n) is 5.94. The van der Waals surface area contributed by atoms with E-state index in [4.69, 9.17) is 12.2 Å². The number of hydrogen-bond donors (Lipinski definition) is 3. The number of imidazole rings is 1. The third-order valence-corrected chi connectivity index (χ3v) is 6.16. The number of aromatic nitrogens is 2. The zero-order valence-corrected chi connectivity index (χ0v) is 17.8. The van der Waals surface area contributed by atoms with Gasteiger partial charge in [-0.1, -0.05) is 31.9 Å². The Labute approximate surface area is 179 Å². The molecule has 1 aromatic carbocycles. The maximum Gasteiger partial charge on any atom is 0.265 e. The predicted molar refractivity (Wildman–Crippen MR) is 122 cm³/mol. The normalized spacial score (nSPS) is 19.6. The molecule has 0 unspecified atom stereocenters. The summed E-state index contributed by atoms with van der Waals surface area (Å²) >= 11 is 5.39. The Kier molecular flexibility index (Phi) is 5.55. The number of benzene rings is 1. The van der Waals surface area contributed by atoms with Crippen molar-refractivity contribution in [1.29, 1.82) is 5.26 Å². The summed E-state index contributed by atoms with van der Waals surface area (Å²) in [4.78, 5) is 17.7. The van der Waals surface area contributed by atoms with Crippen LogP contribution in [0.1, 0.15) is 43.7 Å². The molecule has 2 heterocycles. The molecule has 1 aliphatic rings. The summed E-state index contributed by atoms with van der Waals surface area (Å²) in [6.07, 6.45) is 6.34. The number of nitrogens with one attached hydrogen (secondary N) is 3. The van der Waals surface area contributed by atoms with Crippen LogP contribution in [-0.2, 0) is 0 Å². The van der Waals surface area contributed by atoms with Gasteiger partial charge in [0, 0.05) is 12.2 Å². The van der Waals surface area contributed by atoms with Crippen molar-refractivity contribution in [1.82, 2.24) is 25.6 Å². The molecule has 7 nitrogen and oxygen atoms in total. The minimum Gasteiger partial charge on any atom is -0.358 e. The van der Waals surface area contributed by atoms with E-state index in [0.717, 1.165) is 6.42 Å². The van der Waals surface area contributed by atoms with Gasteiger partial charge >= 0.3 is 0 Å². The van der Waals surface area contributed by atoms with Gasteiger partial charge in [0.1, 0.15) is 6.07 Å². The van der Waals surface area contributed by atoms with Crippen LogP contribution in [0, 0.1) is 24.2 Å². The van der Waals surface area contributed by atoms with Gasteiger partial charge in [0.15, 0.2) is 10.8 Å². The van der Waals surface area contributed by atoms with E-state index < -0.39 is 0 Å². The molecule has 2 aromatic heterocycles. The van der Waals surface area contributed by atoms with Gasteiger partial charge in [-0.15, -0.1) is 0 Å². The van der Waals surface area contributed by atoms with E-state index in [-0.39, 0.29) is 5.56 Å². The molecule has 0 amide bonds. The van der Waals surface area contributed by atoms with Gasteiger partial charge < -0.3 is 10.7 Å². The molecule has 8 heteroatoms. The second-order valence-corrected chi connectivity index (χ2v) is 8.25. The van der Waals surface area contributed by atoms with Crippen LogP contribution in [0.25, 0.3) is 22.9 Å². The lowest BCUT2D eigenvalue weighted by atomic mass is 9.86. The van der Waals surface area contributed by atoms with E-state index in [1.54, 1.807) is 13.1 Å². The molecule has 0 spiro atoms. The summed E-state index contributed by atoms with van der Waals surface area (Å²) < 4.78 is 1.49. The highest BCUT2D eigenvalue weighted by molar-refractivity contribution is 7.80. The molecule has 1 aliphatic carbocycles. The number of rotatable bonds is 3. The van der Waals surface area contributed by atoms with E-state index >= 15 is 0 Å². The SMILES string of the molecule is Cc1c(C#N)c2nc3ccccc3n2c(=O)c1=CNNC(=S)N[C@H]1CCCC[C@H]1C. The third kappa shape index (κ3) is 3.57. The van der Waals surface area contributed by atoms with Crippen LogP contribution < -0.4 is 26.9 Å². The summed E-state index contributed by atoms with van der Waals surface area (Å²) in [7, 11) is 0. The van der Waals surface area contributed by atoms with Crippen LogP contribution in [0.2, 0.25) is 0 Å². The van der Waals surface area contributed by atoms with Crippen molar-refractivity contribution >= 4 is 40.2 Å². The molecule has 1 fully saturated rings. The Hall–Kier alpha value is -3.18. The largest absolute Gasteiger partial charge is 0.358 e. The standard InChI is InChI=1S/C22H24N6OS/c1-13-7-3-4-8-17(13)26-22(30)27-24-12-16-14(2)15(11-23)20-25-18-9-5-6-10-19(18)28(20)21(16)29/h5-6,9-10,12-13,17,24H,3-4,7-8H2,1-2H3,(H2,26,27,30)/t13-,17+/m1/s1. The molecule has 4 rings (SSSR count). The molecule has 0 saturated heterocycles. The zero-order chi connectivity index (χ0) is 21.3. The first kappa shape index (κ1) is 20.1. The van der Waals surface area contributed by atoms with Gasteiger partial charge in [0.25, 0.3) is 5.56 Å². The summed E-state index contributed by atoms with van der Waals surface area (Å²) in [5, 5.41) is 13.9. The zero-order valence-electron chi connectivity index (χ0n) is 17.0. The van der Waals surface area contributed by atoms with Gasteiger partial charge in [0.2, 0.25) is 0 Å². The predicted octanol–water partition coefficient (Wildman–Crippen LogP) is 2.03. The van der Waals surface area contributed by atoms with Crippen molar-refractivity contribution < 1.29 is 0 Å². The number of hydrogen-bond acceptors (Lipinski definition) is 5. The van der Waals surface area contributed by atoms with Crippen LogP contribution in [0.3, 0.4) is 0 Å². The van der Waals surface area contributed by atoms with E-state index in [9.17, 15) is 10.1 Å². The number of nitriles is 1. The molecule has 30 heavy (non-hydrogen) atoms. The summed E-state index contributed by atoms with van der Waals surface area (Å²) in [6, 6.07) is 9.92. The van der Waals surface area contributed by atoms with Crippen molar-refractivity contribution in [2.24, 2.45) is 5.92 Å². The van der Waals surface area contributed by atoms with Gasteiger partial charge in [-0.2, -0.15) is 5.26 Å². The first-order valence-electron chi connectivity index (χ1n) is 10.2. The molecule has 3 N–H and O–H groups in total. The average Bonchev–Trinajstić information content (AvgIpc) is 3.12. The molecular formula is C22H24N6OS. The first-order valence-corrected chi connectivity index (χ1v) is 10.6. The fraction of sp³-hybridized carbons (Fsp3) is 0.364. The fourth-order valence-electron chi connectivity index (χ4n) is 4.20. The first-order chi connectivity index (χ1) is 14.5. The number of hydrazine groups is 1. The molecule has 1 saturated carbocycles. The molecular weight excluding hydrogens is 396 g/mol. The summed E-state index contributed by atoms with van der Waals surface area (Å²) in [6.45, 7) is 3.99. The van der Waals surface area contributed by atoms with Crippen LogP contribution in [0.4, 0.5) is 0 Å². The lowest BCUT2D eigenvalue weighted by molar-refractivity contribution is 0.308. The number of nitrogens with zero attached hydrogens (tertiary/aromatic N) is 3. The Balaban J connectivity index is 1.64. The Morgan fingerprint density at radius 1 is 1.33 bits per heavy atom. The van der Waals surface area contributed by atoms with Gasteiger partial charge in [-0.25, -0.2) is 4.98 Å². The molecule has 3 aromatic rings. The van der Waals surface area contributed by atoms with Gasteiger partial charge in [-0.3, -0.25) is 14.6 Å². The number of para-hydroxylation sites is 2. The van der Waals surface area contributed by atoms with Crippen molar-refractivity contribution in [3.63, 3.8) is 0 Å². The molecule has 0 bridgehead atoms. The van der Waals surface area contributed by atoms with Crippen LogP contribution in [0.15, 0.2) is 29.1 Å². The second kappa shape index (κ2) is 8.28. The van der Waals surface area contributed by atoms with Crippen LogP contribution in [-0.4, -0.2) is 20.5 Å². The Bertz CT molecular complexity index is 1270. The summed E-state index contributed by atoms with van der Waals surface area (Å²) in [5.74, 6) is 0.577. The number of pyridine rings is 1. The quantitative estimate of drug-likeness (QED) is 0.441. The van der Waals surface area contributed by atoms with Crippen molar-refractivity contribution in [3.8, 4) is 6.07 Å². The minimum atomic E-state index is -0.232. The van der Waals surface area contributed by atoms with Crippen LogP contribution >= 0.6 is 12.2 Å². The van der Waals surface area contributed by atoms with E-state index in [2.05, 4.69) is 34.1 Å². The fourth-order valence-corrected chi connectivity index (χ4v) is 4.41. The second-order valence-electron chi connectivity index (χ2n) is 7.85. The smallest absolute Gasteiger partial charge is 0.265 e. The molecule has 0 radical (unpaired) electrons. The van der Waals surface area contributed by atoms with Crippen molar-refractivity contribution in [2.45, 2.75) is 45.6 Å². The highest BCUT2D eigenvalue weighted by atomic mass is 32.1. The highest BCUT2D eigenvalue weighted by Crippen LogP contribution is 2.23. The Morgan fingerprint density at radius 3 is 2.87 bits per heavy atom. The maximum atomic E-state index is 13.2. The Morgan fingerprint density at radius 2 is 2.10 bits per heavy atom. The summed E-state index contributed by atoms with van der Waals surface area (Å²) in [5.41, 5.74) is 8.34. The van der Waals surface area contributed by atoms with Gasteiger partial charge in [-0.05, 0) is 55.6 Å². The number of thiocarbonyl (C=S) groups is 1.